The van der Waals surface area contributed by atoms with E-state index in [1.165, 1.54) is 19.1 Å². The number of benzene rings is 2. The number of nitrogens with one attached hydrogen (secondary N) is 1. The third-order valence-corrected chi connectivity index (χ3v) is 11.0. The van der Waals surface area contributed by atoms with Crippen LogP contribution < -0.4 is 5.32 Å². The Kier molecular flexibility index (Phi) is 9.98. The summed E-state index contributed by atoms with van der Waals surface area (Å²) >= 11 is 0. The molecular weight excluding hydrogens is 660 g/mol. The monoisotopic (exact) mass is 706 g/mol. The zero-order chi connectivity index (χ0) is 36.5. The summed E-state index contributed by atoms with van der Waals surface area (Å²) in [6.07, 6.45) is 7.60. The smallest absolute Gasteiger partial charge is 0.410 e. The summed E-state index contributed by atoms with van der Waals surface area (Å²) in [7, 11) is 2.64. The fraction of sp³-hybridized carbons (Fsp3) is 0.450. The summed E-state index contributed by atoms with van der Waals surface area (Å²) in [6, 6.07) is 16.3. The number of likely N-dealkylation sites (tertiary alicyclic amines) is 1. The molecule has 0 unspecified atom stereocenters. The molecular formula is C40H46N6O6. The van der Waals surface area contributed by atoms with Crippen molar-refractivity contribution in [1.82, 2.24) is 20.0 Å². The highest BCUT2D eigenvalue weighted by Gasteiger charge is 2.45. The quantitative estimate of drug-likeness (QED) is 0.384. The van der Waals surface area contributed by atoms with Crippen LogP contribution in [0.5, 0.6) is 0 Å². The largest absolute Gasteiger partial charge is 0.453 e. The number of allylic oxidation sites excluding steroid dienone is 2. The minimum Gasteiger partial charge on any atom is -0.453 e. The fourth-order valence-electron chi connectivity index (χ4n) is 8.26. The van der Waals surface area contributed by atoms with Gasteiger partial charge in [0.1, 0.15) is 12.6 Å². The zero-order valence-corrected chi connectivity index (χ0v) is 30.2. The SMILES string of the molecule is COC(=O)N[C@H](C(=O)N1CCC[C@H]1C1=NC=C(c2ccc(-c3ccc(C4=CN=C([C@@H]5CC[C@H]6CN(C(=O)OC)CC(=O)N65)C4)cc3)cc2)C1)C(C)C. The van der Waals surface area contributed by atoms with Gasteiger partial charge in [-0.15, -0.1) is 0 Å². The zero-order valence-electron chi connectivity index (χ0n) is 30.2. The van der Waals surface area contributed by atoms with E-state index < -0.39 is 18.2 Å². The van der Waals surface area contributed by atoms with Crippen LogP contribution in [0.4, 0.5) is 9.59 Å². The molecule has 5 heterocycles. The molecule has 0 radical (unpaired) electrons. The van der Waals surface area contributed by atoms with Crippen LogP contribution in [-0.2, 0) is 19.1 Å². The van der Waals surface area contributed by atoms with Crippen molar-refractivity contribution in [2.75, 3.05) is 33.9 Å². The van der Waals surface area contributed by atoms with Crippen molar-refractivity contribution < 1.29 is 28.7 Å². The summed E-state index contributed by atoms with van der Waals surface area (Å²) in [5.41, 5.74) is 8.67. The molecule has 12 heteroatoms. The first-order valence-corrected chi connectivity index (χ1v) is 18.2. The molecule has 0 aliphatic carbocycles. The predicted molar refractivity (Wildman–Crippen MR) is 198 cm³/mol. The number of nitrogens with zero attached hydrogens (tertiary/aromatic N) is 5. The van der Waals surface area contributed by atoms with Gasteiger partial charge in [0.2, 0.25) is 11.8 Å². The number of carbonyl (C=O) groups is 4. The first kappa shape index (κ1) is 35.2. The van der Waals surface area contributed by atoms with E-state index in [9.17, 15) is 19.2 Å². The summed E-state index contributed by atoms with van der Waals surface area (Å²) < 4.78 is 9.61. The van der Waals surface area contributed by atoms with Gasteiger partial charge in [-0.3, -0.25) is 24.5 Å². The second-order valence-electron chi connectivity index (χ2n) is 14.5. The molecule has 0 aromatic heterocycles. The Labute approximate surface area is 304 Å². The first-order chi connectivity index (χ1) is 25.1. The van der Waals surface area contributed by atoms with Crippen LogP contribution in [0, 0.1) is 5.92 Å². The van der Waals surface area contributed by atoms with Crippen molar-refractivity contribution in [3.8, 4) is 11.1 Å². The maximum Gasteiger partial charge on any atom is 0.410 e. The predicted octanol–water partition coefficient (Wildman–Crippen LogP) is 5.54. The number of rotatable bonds is 8. The molecule has 3 fully saturated rings. The van der Waals surface area contributed by atoms with E-state index in [0.717, 1.165) is 70.5 Å². The van der Waals surface area contributed by atoms with Gasteiger partial charge in [-0.25, -0.2) is 9.59 Å². The van der Waals surface area contributed by atoms with Gasteiger partial charge in [-0.1, -0.05) is 62.4 Å². The Hall–Kier alpha value is -5.26. The molecule has 4 atom stereocenters. The summed E-state index contributed by atoms with van der Waals surface area (Å²) in [5.74, 6) is -0.223. The van der Waals surface area contributed by atoms with Crippen LogP contribution >= 0.6 is 0 Å². The highest BCUT2D eigenvalue weighted by Crippen LogP contribution is 2.36. The summed E-state index contributed by atoms with van der Waals surface area (Å²) in [4.78, 5) is 65.4. The highest BCUT2D eigenvalue weighted by atomic mass is 16.5. The third-order valence-electron chi connectivity index (χ3n) is 11.0. The Bertz CT molecular complexity index is 1860. The highest BCUT2D eigenvalue weighted by molar-refractivity contribution is 6.05. The van der Waals surface area contributed by atoms with Crippen molar-refractivity contribution in [3.63, 3.8) is 0 Å². The number of hydrogen-bond acceptors (Lipinski definition) is 8. The molecule has 5 aliphatic heterocycles. The van der Waals surface area contributed by atoms with Crippen LogP contribution in [0.1, 0.15) is 63.5 Å². The molecule has 12 nitrogen and oxygen atoms in total. The van der Waals surface area contributed by atoms with Crippen molar-refractivity contribution in [2.24, 2.45) is 15.9 Å². The van der Waals surface area contributed by atoms with Crippen LogP contribution in [0.3, 0.4) is 0 Å². The number of hydrogen-bond donors (Lipinski definition) is 1. The number of carbonyl (C=O) groups excluding carboxylic acids is 4. The average molecular weight is 707 g/mol. The maximum absolute atomic E-state index is 13.5. The van der Waals surface area contributed by atoms with Crippen molar-refractivity contribution in [2.45, 2.75) is 76.5 Å². The second kappa shape index (κ2) is 14.8. The van der Waals surface area contributed by atoms with Gasteiger partial charge in [-0.2, -0.15) is 0 Å². The van der Waals surface area contributed by atoms with Gasteiger partial charge in [0.25, 0.3) is 0 Å². The number of alkyl carbamates (subject to hydrolysis) is 1. The van der Waals surface area contributed by atoms with Gasteiger partial charge in [-0.05, 0) is 65.0 Å². The topological polar surface area (TPSA) is 133 Å². The number of methoxy groups -OCH3 is 2. The number of fused-ring (bicyclic) bond motifs is 1. The first-order valence-electron chi connectivity index (χ1n) is 18.2. The van der Waals surface area contributed by atoms with E-state index in [2.05, 4.69) is 53.8 Å². The minimum atomic E-state index is -0.653. The van der Waals surface area contributed by atoms with Gasteiger partial charge in [0.05, 0.1) is 32.3 Å². The lowest BCUT2D eigenvalue weighted by Gasteiger charge is -2.39. The third kappa shape index (κ3) is 6.86. The molecule has 2 aromatic carbocycles. The fourth-order valence-corrected chi connectivity index (χ4v) is 8.26. The van der Waals surface area contributed by atoms with Gasteiger partial charge in [0.15, 0.2) is 0 Å². The molecule has 0 saturated carbocycles. The molecule has 0 bridgehead atoms. The van der Waals surface area contributed by atoms with Gasteiger partial charge >= 0.3 is 12.2 Å². The van der Waals surface area contributed by atoms with Crippen molar-refractivity contribution >= 4 is 46.6 Å². The minimum absolute atomic E-state index is 0.00325. The summed E-state index contributed by atoms with van der Waals surface area (Å²) in [6.45, 7) is 5.02. The van der Waals surface area contributed by atoms with Crippen LogP contribution in [0.15, 0.2) is 70.9 Å². The molecule has 1 N–H and O–H groups in total. The molecule has 0 spiro atoms. The molecule has 3 saturated heterocycles. The van der Waals surface area contributed by atoms with Crippen molar-refractivity contribution in [1.29, 1.82) is 0 Å². The molecule has 272 valence electrons. The van der Waals surface area contributed by atoms with Gasteiger partial charge < -0.3 is 24.6 Å². The number of ether oxygens (including phenoxy) is 2. The van der Waals surface area contributed by atoms with Gasteiger partial charge in [0, 0.05) is 49.8 Å². The molecule has 5 aliphatic rings. The molecule has 52 heavy (non-hydrogen) atoms. The van der Waals surface area contributed by atoms with Crippen LogP contribution in [-0.4, -0.2) is 108 Å². The van der Waals surface area contributed by atoms with Crippen molar-refractivity contribution in [3.05, 3.63) is 72.1 Å². The van der Waals surface area contributed by atoms with E-state index in [-0.39, 0.29) is 42.4 Å². The van der Waals surface area contributed by atoms with E-state index in [0.29, 0.717) is 25.9 Å². The molecule has 2 aromatic rings. The lowest BCUT2D eigenvalue weighted by atomic mass is 9.94. The summed E-state index contributed by atoms with van der Waals surface area (Å²) in [5, 5.41) is 2.71. The maximum atomic E-state index is 13.5. The van der Waals surface area contributed by atoms with Crippen LogP contribution in [0.2, 0.25) is 0 Å². The lowest BCUT2D eigenvalue weighted by Crippen LogP contribution is -2.58. The average Bonchev–Trinajstić information content (AvgIpc) is 3.99. The van der Waals surface area contributed by atoms with E-state index in [1.807, 2.05) is 36.0 Å². The van der Waals surface area contributed by atoms with E-state index in [4.69, 9.17) is 19.5 Å². The van der Waals surface area contributed by atoms with Crippen LogP contribution in [0.25, 0.3) is 22.3 Å². The second-order valence-corrected chi connectivity index (χ2v) is 14.5. The van der Waals surface area contributed by atoms with E-state index >= 15 is 0 Å². The normalized spacial score (nSPS) is 23.2. The number of piperazine rings is 1. The Morgan fingerprint density at radius 1 is 0.788 bits per heavy atom. The standard InChI is InChI=1S/C40H46N6O6/c1-24(2)37(43-39(49)51-3)38(48)45-17-5-6-34(45)32-18-29(20-41-32)27-11-7-25(8-12-27)26-9-13-28(14-10-26)30-19-33(42-21-30)35-16-15-31-22-44(40(50)52-4)23-36(47)46(31)35/h7-14,20-21,24,31,34-35,37H,5-6,15-19,22-23H2,1-4H3,(H,43,49)/t31-,34-,35-,37-/m0/s1. The number of amides is 4. The Balaban J connectivity index is 0.936. The molecule has 7 rings (SSSR count). The number of aliphatic imine (C=N–C) groups is 2. The Morgan fingerprint density at radius 3 is 1.92 bits per heavy atom. The lowest BCUT2D eigenvalue weighted by molar-refractivity contribution is -0.138. The van der Waals surface area contributed by atoms with E-state index in [1.54, 1.807) is 0 Å². The Morgan fingerprint density at radius 2 is 1.37 bits per heavy atom. The molecule has 4 amide bonds.